The molecule has 1 heterocycles. The van der Waals surface area contributed by atoms with Gasteiger partial charge in [-0.3, -0.25) is 0 Å². The molecule has 0 amide bonds. The van der Waals surface area contributed by atoms with E-state index in [2.05, 4.69) is 0 Å². The van der Waals surface area contributed by atoms with Crippen LogP contribution in [0.5, 0.6) is 0 Å². The van der Waals surface area contributed by atoms with Crippen LogP contribution in [0, 0.1) is 11.3 Å². The van der Waals surface area contributed by atoms with Crippen LogP contribution in [0.25, 0.3) is 0 Å². The van der Waals surface area contributed by atoms with Crippen molar-refractivity contribution in [2.45, 2.75) is 25.9 Å². The zero-order chi connectivity index (χ0) is 15.4. The van der Waals surface area contributed by atoms with Crippen LogP contribution in [0.2, 0.25) is 0 Å². The van der Waals surface area contributed by atoms with Crippen LogP contribution in [0.3, 0.4) is 0 Å². The van der Waals surface area contributed by atoms with E-state index in [-0.39, 0.29) is 23.3 Å². The highest BCUT2D eigenvalue weighted by atomic mass is 16.6. The molecule has 1 aliphatic heterocycles. The lowest BCUT2D eigenvalue weighted by atomic mass is 9.90. The summed E-state index contributed by atoms with van der Waals surface area (Å²) in [5.74, 6) is -1.07. The Morgan fingerprint density at radius 2 is 2.05 bits per heavy atom. The molecule has 2 rings (SSSR count). The molecular formula is C16H16N2O3. The van der Waals surface area contributed by atoms with E-state index < -0.39 is 11.9 Å². The number of ether oxygens (including phenoxy) is 2. The molecule has 0 bridgehead atoms. The van der Waals surface area contributed by atoms with Crippen molar-refractivity contribution >= 4 is 5.97 Å². The van der Waals surface area contributed by atoms with E-state index >= 15 is 0 Å². The van der Waals surface area contributed by atoms with Gasteiger partial charge in [-0.25, -0.2) is 4.79 Å². The molecule has 1 aromatic rings. The average molecular weight is 284 g/mol. The minimum Gasteiger partial charge on any atom is -0.457 e. The van der Waals surface area contributed by atoms with Crippen LogP contribution >= 0.6 is 0 Å². The number of rotatable bonds is 3. The molecule has 0 fully saturated rings. The van der Waals surface area contributed by atoms with Gasteiger partial charge in [-0.15, -0.1) is 0 Å². The van der Waals surface area contributed by atoms with Crippen molar-refractivity contribution < 1.29 is 14.3 Å². The fourth-order valence-electron chi connectivity index (χ4n) is 2.03. The summed E-state index contributed by atoms with van der Waals surface area (Å²) in [4.78, 5) is 11.9. The third-order valence-electron chi connectivity index (χ3n) is 2.94. The first-order chi connectivity index (χ1) is 10.0. The number of benzene rings is 1. The van der Waals surface area contributed by atoms with Gasteiger partial charge in [0.2, 0.25) is 11.6 Å². The van der Waals surface area contributed by atoms with E-state index in [9.17, 15) is 10.1 Å². The Morgan fingerprint density at radius 1 is 1.38 bits per heavy atom. The maximum atomic E-state index is 11.9. The van der Waals surface area contributed by atoms with Crippen molar-refractivity contribution in [2.24, 2.45) is 5.73 Å². The summed E-state index contributed by atoms with van der Waals surface area (Å²) < 4.78 is 10.3. The first kappa shape index (κ1) is 14.7. The zero-order valence-electron chi connectivity index (χ0n) is 11.9. The summed E-state index contributed by atoms with van der Waals surface area (Å²) in [6.07, 6.45) is 1.30. The maximum absolute atomic E-state index is 11.9. The summed E-state index contributed by atoms with van der Waals surface area (Å²) in [6, 6.07) is 11.4. The predicted octanol–water partition coefficient (Wildman–Crippen LogP) is 2.33. The van der Waals surface area contributed by atoms with Gasteiger partial charge in [0.15, 0.2) is 0 Å². The molecule has 0 aromatic heterocycles. The fraction of sp³-hybridized carbons (Fsp3) is 0.250. The van der Waals surface area contributed by atoms with E-state index in [4.69, 9.17) is 15.2 Å². The summed E-state index contributed by atoms with van der Waals surface area (Å²) in [5, 5.41) is 9.25. The Balaban J connectivity index is 2.38. The van der Waals surface area contributed by atoms with Gasteiger partial charge in [0.1, 0.15) is 11.6 Å². The number of esters is 1. The number of hydrogen-bond donors (Lipinski definition) is 1. The molecule has 0 unspecified atom stereocenters. The van der Waals surface area contributed by atoms with Gasteiger partial charge < -0.3 is 15.2 Å². The minimum atomic E-state index is -0.592. The number of allylic oxidation sites excluding steroid dienone is 2. The van der Waals surface area contributed by atoms with Crippen LogP contribution in [0.1, 0.15) is 25.3 Å². The van der Waals surface area contributed by atoms with Gasteiger partial charge in [-0.1, -0.05) is 30.3 Å². The number of nitrogens with two attached hydrogens (primary N) is 1. The van der Waals surface area contributed by atoms with Crippen LogP contribution in [-0.4, -0.2) is 12.1 Å². The van der Waals surface area contributed by atoms with Crippen molar-refractivity contribution in [3.05, 3.63) is 59.2 Å². The van der Waals surface area contributed by atoms with Gasteiger partial charge in [-0.2, -0.15) is 5.26 Å². The SMILES string of the molecule is CC(C)OC(=O)C1=C[C@H](c2ccccc2)C(C#N)=C(N)O1. The smallest absolute Gasteiger partial charge is 0.374 e. The van der Waals surface area contributed by atoms with Gasteiger partial charge in [0.25, 0.3) is 0 Å². The summed E-state index contributed by atoms with van der Waals surface area (Å²) in [5.41, 5.74) is 6.90. The number of nitrogens with zero attached hydrogens (tertiary/aromatic N) is 1. The van der Waals surface area contributed by atoms with Crippen molar-refractivity contribution in [2.75, 3.05) is 0 Å². The molecule has 2 N–H and O–H groups in total. The number of carbonyl (C=O) groups is 1. The van der Waals surface area contributed by atoms with Gasteiger partial charge in [0, 0.05) is 5.92 Å². The highest BCUT2D eigenvalue weighted by Crippen LogP contribution is 2.33. The van der Waals surface area contributed by atoms with E-state index in [0.29, 0.717) is 0 Å². The Hall–Kier alpha value is -2.74. The quantitative estimate of drug-likeness (QED) is 0.861. The molecule has 21 heavy (non-hydrogen) atoms. The molecule has 0 saturated heterocycles. The minimum absolute atomic E-state index is 0.00838. The van der Waals surface area contributed by atoms with Gasteiger partial charge in [-0.05, 0) is 25.5 Å². The maximum Gasteiger partial charge on any atom is 0.374 e. The standard InChI is InChI=1S/C16H16N2O3/c1-10(2)20-16(19)14-8-12(11-6-4-3-5-7-11)13(9-17)15(18)21-14/h3-8,10,12H,18H2,1-2H3/t12-/m1/s1. The Bertz CT molecular complexity index is 639. The molecule has 1 aromatic carbocycles. The van der Waals surface area contributed by atoms with Crippen molar-refractivity contribution in [1.29, 1.82) is 5.26 Å². The highest BCUT2D eigenvalue weighted by molar-refractivity contribution is 5.87. The predicted molar refractivity (Wildman–Crippen MR) is 76.4 cm³/mol. The first-order valence-electron chi connectivity index (χ1n) is 6.58. The Kier molecular flexibility index (Phi) is 4.29. The molecule has 5 heteroatoms. The first-order valence-corrected chi connectivity index (χ1v) is 6.58. The Labute approximate surface area is 123 Å². The van der Waals surface area contributed by atoms with Crippen LogP contribution < -0.4 is 5.73 Å². The lowest BCUT2D eigenvalue weighted by molar-refractivity contribution is -0.146. The summed E-state index contributed by atoms with van der Waals surface area (Å²) in [6.45, 7) is 3.49. The van der Waals surface area contributed by atoms with Crippen LogP contribution in [0.15, 0.2) is 53.6 Å². The zero-order valence-corrected chi connectivity index (χ0v) is 11.9. The van der Waals surface area contributed by atoms with Crippen LogP contribution in [-0.2, 0) is 14.3 Å². The average Bonchev–Trinajstić information content (AvgIpc) is 2.46. The third-order valence-corrected chi connectivity index (χ3v) is 2.94. The normalized spacial score (nSPS) is 17.8. The summed E-state index contributed by atoms with van der Waals surface area (Å²) in [7, 11) is 0. The lowest BCUT2D eigenvalue weighted by Gasteiger charge is -2.22. The molecule has 0 aliphatic carbocycles. The Morgan fingerprint density at radius 3 is 2.62 bits per heavy atom. The van der Waals surface area contributed by atoms with E-state index in [1.54, 1.807) is 19.9 Å². The second-order valence-electron chi connectivity index (χ2n) is 4.87. The molecule has 1 atom stereocenters. The van der Waals surface area contributed by atoms with Crippen LogP contribution in [0.4, 0.5) is 0 Å². The van der Waals surface area contributed by atoms with Crippen molar-refractivity contribution in [3.8, 4) is 6.07 Å². The molecule has 0 saturated carbocycles. The highest BCUT2D eigenvalue weighted by Gasteiger charge is 2.29. The third kappa shape index (κ3) is 3.23. The molecule has 108 valence electrons. The van der Waals surface area contributed by atoms with E-state index in [1.165, 1.54) is 0 Å². The second kappa shape index (κ2) is 6.14. The van der Waals surface area contributed by atoms with Gasteiger partial charge in [0.05, 0.1) is 6.10 Å². The lowest BCUT2D eigenvalue weighted by Crippen LogP contribution is -2.23. The molecule has 5 nitrogen and oxygen atoms in total. The number of hydrogen-bond acceptors (Lipinski definition) is 5. The second-order valence-corrected chi connectivity index (χ2v) is 4.87. The summed E-state index contributed by atoms with van der Waals surface area (Å²) >= 11 is 0. The van der Waals surface area contributed by atoms with Crippen molar-refractivity contribution in [1.82, 2.24) is 0 Å². The molecular weight excluding hydrogens is 268 g/mol. The van der Waals surface area contributed by atoms with Gasteiger partial charge >= 0.3 is 5.97 Å². The molecule has 1 aliphatic rings. The topological polar surface area (TPSA) is 85.3 Å². The fourth-order valence-corrected chi connectivity index (χ4v) is 2.03. The van der Waals surface area contributed by atoms with E-state index in [0.717, 1.165) is 5.56 Å². The molecule has 0 radical (unpaired) electrons. The number of carbonyl (C=O) groups excluding carboxylic acids is 1. The monoisotopic (exact) mass is 284 g/mol. The van der Waals surface area contributed by atoms with E-state index in [1.807, 2.05) is 36.4 Å². The van der Waals surface area contributed by atoms with Crippen molar-refractivity contribution in [3.63, 3.8) is 0 Å². The molecule has 0 spiro atoms. The largest absolute Gasteiger partial charge is 0.457 e. The number of nitriles is 1.